The second kappa shape index (κ2) is 10.9. The molecular formula is C24H26ClFN6O5. The lowest BCUT2D eigenvalue weighted by molar-refractivity contribution is -0.125. The Bertz CT molecular complexity index is 1190. The molecule has 7 amide bonds. The van der Waals surface area contributed by atoms with Gasteiger partial charge in [0.05, 0.1) is 25.7 Å². The zero-order chi connectivity index (χ0) is 26.7. The predicted molar refractivity (Wildman–Crippen MR) is 132 cm³/mol. The van der Waals surface area contributed by atoms with E-state index < -0.39 is 36.1 Å². The highest BCUT2D eigenvalue weighted by Gasteiger charge is 2.39. The number of nitrogens with one attached hydrogen (secondary N) is 3. The number of anilines is 1. The number of carbonyl (C=O) groups excluding carboxylic acids is 4. The second-order valence-corrected chi connectivity index (χ2v) is 9.14. The van der Waals surface area contributed by atoms with Crippen molar-refractivity contribution >= 4 is 41.3 Å². The molecule has 2 aliphatic rings. The van der Waals surface area contributed by atoms with Crippen LogP contribution in [0.1, 0.15) is 19.4 Å². The van der Waals surface area contributed by atoms with Gasteiger partial charge in [-0.05, 0) is 43.7 Å². The van der Waals surface area contributed by atoms with Crippen molar-refractivity contribution in [1.82, 2.24) is 25.3 Å². The maximum atomic E-state index is 14.6. The van der Waals surface area contributed by atoms with E-state index in [1.807, 2.05) is 0 Å². The van der Waals surface area contributed by atoms with Gasteiger partial charge in [0.25, 0.3) is 0 Å². The van der Waals surface area contributed by atoms with Crippen molar-refractivity contribution in [3.05, 3.63) is 58.9 Å². The van der Waals surface area contributed by atoms with Crippen molar-refractivity contribution in [2.45, 2.75) is 32.8 Å². The Morgan fingerprint density at radius 1 is 1.05 bits per heavy atom. The predicted octanol–water partition coefficient (Wildman–Crippen LogP) is 3.16. The average molecular weight is 533 g/mol. The number of hydrogen-bond donors (Lipinski definition) is 3. The third-order valence-corrected chi connectivity index (χ3v) is 5.89. The Balaban J connectivity index is 1.54. The molecule has 0 spiro atoms. The molecule has 0 saturated carbocycles. The highest BCUT2D eigenvalue weighted by molar-refractivity contribution is 6.30. The topological polar surface area (TPSA) is 123 Å². The number of urea groups is 3. The number of halogens is 2. The SMILES string of the molecule is CC(C)Oc1ccc(NC2NC(=O)N(CCN3C(=O)CNC3=O)C(=O)N2Cc2ccc(Cl)cc2)cc1F. The lowest BCUT2D eigenvalue weighted by atomic mass is 10.2. The van der Waals surface area contributed by atoms with Gasteiger partial charge in [0.15, 0.2) is 17.9 Å². The minimum Gasteiger partial charge on any atom is -0.488 e. The van der Waals surface area contributed by atoms with E-state index in [-0.39, 0.29) is 38.0 Å². The average Bonchev–Trinajstić information content (AvgIpc) is 3.16. The third-order valence-electron chi connectivity index (χ3n) is 5.64. The molecule has 0 bridgehead atoms. The fourth-order valence-corrected chi connectivity index (χ4v) is 3.99. The van der Waals surface area contributed by atoms with Crippen LogP contribution in [0.2, 0.25) is 5.02 Å². The number of imide groups is 2. The zero-order valence-electron chi connectivity index (χ0n) is 20.2. The smallest absolute Gasteiger partial charge is 0.331 e. The summed E-state index contributed by atoms with van der Waals surface area (Å²) in [5, 5.41) is 8.57. The number of hydrogen-bond acceptors (Lipinski definition) is 6. The summed E-state index contributed by atoms with van der Waals surface area (Å²) >= 11 is 5.98. The van der Waals surface area contributed by atoms with Crippen molar-refractivity contribution in [2.24, 2.45) is 0 Å². The van der Waals surface area contributed by atoms with Gasteiger partial charge < -0.3 is 15.4 Å². The molecule has 2 saturated heterocycles. The van der Waals surface area contributed by atoms with Crippen LogP contribution in [0.3, 0.4) is 0 Å². The quantitative estimate of drug-likeness (QED) is 0.426. The van der Waals surface area contributed by atoms with Crippen molar-refractivity contribution in [2.75, 3.05) is 25.0 Å². The molecule has 2 aromatic rings. The molecule has 2 aliphatic heterocycles. The van der Waals surface area contributed by atoms with Gasteiger partial charge in [-0.1, -0.05) is 23.7 Å². The van der Waals surface area contributed by atoms with Crippen LogP contribution in [0.4, 0.5) is 24.5 Å². The fraction of sp³-hybridized carbons (Fsp3) is 0.333. The highest BCUT2D eigenvalue weighted by atomic mass is 35.5. The van der Waals surface area contributed by atoms with E-state index in [9.17, 15) is 23.6 Å². The van der Waals surface area contributed by atoms with Gasteiger partial charge in [0.2, 0.25) is 5.91 Å². The minimum atomic E-state index is -1.03. The normalized spacial score (nSPS) is 17.9. The van der Waals surface area contributed by atoms with Crippen LogP contribution in [0.25, 0.3) is 0 Å². The van der Waals surface area contributed by atoms with Gasteiger partial charge in [0.1, 0.15) is 0 Å². The number of carbonyl (C=O) groups is 4. The lowest BCUT2D eigenvalue weighted by Gasteiger charge is -2.41. The first-order valence-electron chi connectivity index (χ1n) is 11.6. The Kier molecular flexibility index (Phi) is 7.67. The van der Waals surface area contributed by atoms with Gasteiger partial charge >= 0.3 is 18.1 Å². The van der Waals surface area contributed by atoms with Crippen LogP contribution < -0.4 is 20.7 Å². The molecule has 1 unspecified atom stereocenters. The standard InChI is InChI=1S/C24H26ClFN6O5/c1-14(2)37-19-8-7-17(11-18(19)26)28-21-29-23(35)31(10-9-30-20(33)12-27-22(30)34)24(36)32(21)13-15-3-5-16(25)6-4-15/h3-8,11,14,21,28H,9-10,12-13H2,1-2H3,(H,27,34)(H,29,35). The molecule has 0 aromatic heterocycles. The van der Waals surface area contributed by atoms with Crippen molar-refractivity contribution in [3.63, 3.8) is 0 Å². The Morgan fingerprint density at radius 2 is 1.76 bits per heavy atom. The number of nitrogens with zero attached hydrogens (tertiary/aromatic N) is 3. The van der Waals surface area contributed by atoms with E-state index in [4.69, 9.17) is 16.3 Å². The summed E-state index contributed by atoms with van der Waals surface area (Å²) in [6.07, 6.45) is -1.24. The van der Waals surface area contributed by atoms with Crippen molar-refractivity contribution < 1.29 is 28.3 Å². The van der Waals surface area contributed by atoms with Gasteiger partial charge in [0, 0.05) is 23.3 Å². The van der Waals surface area contributed by atoms with Gasteiger partial charge in [-0.15, -0.1) is 0 Å². The first-order valence-corrected chi connectivity index (χ1v) is 11.9. The highest BCUT2D eigenvalue weighted by Crippen LogP contribution is 2.24. The monoisotopic (exact) mass is 532 g/mol. The number of benzene rings is 2. The second-order valence-electron chi connectivity index (χ2n) is 8.70. The van der Waals surface area contributed by atoms with Crippen LogP contribution in [0.15, 0.2) is 42.5 Å². The molecule has 2 aromatic carbocycles. The Labute approximate surface area is 217 Å². The first-order chi connectivity index (χ1) is 17.6. The fourth-order valence-electron chi connectivity index (χ4n) is 3.86. The number of rotatable bonds is 9. The lowest BCUT2D eigenvalue weighted by Crippen LogP contribution is -2.67. The van der Waals surface area contributed by atoms with Crippen LogP contribution in [-0.2, 0) is 11.3 Å². The Hall–Kier alpha value is -4.06. The molecule has 1 atom stereocenters. The van der Waals surface area contributed by atoms with Crippen LogP contribution in [-0.4, -0.2) is 70.7 Å². The molecule has 0 radical (unpaired) electrons. The maximum absolute atomic E-state index is 14.6. The van der Waals surface area contributed by atoms with E-state index >= 15 is 0 Å². The zero-order valence-corrected chi connectivity index (χ0v) is 20.9. The molecule has 196 valence electrons. The van der Waals surface area contributed by atoms with Gasteiger partial charge in [-0.25, -0.2) is 23.7 Å². The molecular weight excluding hydrogens is 507 g/mol. The summed E-state index contributed by atoms with van der Waals surface area (Å²) in [6, 6.07) is 9.06. The molecule has 2 fully saturated rings. The molecule has 37 heavy (non-hydrogen) atoms. The summed E-state index contributed by atoms with van der Waals surface area (Å²) in [4.78, 5) is 53.2. The summed E-state index contributed by atoms with van der Waals surface area (Å²) in [5.74, 6) is -0.972. The van der Waals surface area contributed by atoms with Crippen molar-refractivity contribution in [1.29, 1.82) is 0 Å². The van der Waals surface area contributed by atoms with Crippen LogP contribution >= 0.6 is 11.6 Å². The maximum Gasteiger partial charge on any atom is 0.331 e. The summed E-state index contributed by atoms with van der Waals surface area (Å²) in [5.41, 5.74) is 1.03. The summed E-state index contributed by atoms with van der Waals surface area (Å²) in [6.45, 7) is 3.14. The molecule has 13 heteroatoms. The van der Waals surface area contributed by atoms with E-state index in [1.165, 1.54) is 17.0 Å². The van der Waals surface area contributed by atoms with Crippen LogP contribution in [0.5, 0.6) is 5.75 Å². The van der Waals surface area contributed by atoms with E-state index in [0.717, 1.165) is 15.4 Å². The largest absolute Gasteiger partial charge is 0.488 e. The molecule has 4 rings (SSSR count). The van der Waals surface area contributed by atoms with Gasteiger partial charge in [-0.3, -0.25) is 19.9 Å². The minimum absolute atomic E-state index is 0.0740. The van der Waals surface area contributed by atoms with E-state index in [0.29, 0.717) is 10.7 Å². The number of ether oxygens (including phenoxy) is 1. The molecule has 0 aliphatic carbocycles. The van der Waals surface area contributed by atoms with Crippen molar-refractivity contribution in [3.8, 4) is 5.75 Å². The third kappa shape index (κ3) is 6.02. The Morgan fingerprint density at radius 3 is 2.38 bits per heavy atom. The molecule has 3 N–H and O–H groups in total. The van der Waals surface area contributed by atoms with E-state index in [1.54, 1.807) is 44.2 Å². The van der Waals surface area contributed by atoms with Crippen LogP contribution in [0, 0.1) is 5.82 Å². The first kappa shape index (κ1) is 26.0. The molecule has 11 nitrogen and oxygen atoms in total. The summed E-state index contributed by atoms with van der Waals surface area (Å²) in [7, 11) is 0. The summed E-state index contributed by atoms with van der Waals surface area (Å²) < 4.78 is 20.0. The van der Waals surface area contributed by atoms with Gasteiger partial charge in [-0.2, -0.15) is 0 Å². The number of amides is 7. The van der Waals surface area contributed by atoms with E-state index in [2.05, 4.69) is 16.0 Å². The molecule has 2 heterocycles.